The molecular weight excluding hydrogens is 433 g/mol. The molecule has 168 valence electrons. The number of carbonyl (C=O) groups is 1. The van der Waals surface area contributed by atoms with E-state index in [4.69, 9.17) is 9.90 Å². The number of sulfonamides is 1. The van der Waals surface area contributed by atoms with Gasteiger partial charge < -0.3 is 5.11 Å². The highest BCUT2D eigenvalue weighted by Gasteiger charge is 2.42. The van der Waals surface area contributed by atoms with Gasteiger partial charge in [0.25, 0.3) is 0 Å². The molecule has 0 amide bonds. The van der Waals surface area contributed by atoms with Gasteiger partial charge in [0.15, 0.2) is 0 Å². The number of hydrogen-bond donors (Lipinski definition) is 1. The number of rotatable bonds is 2. The van der Waals surface area contributed by atoms with E-state index in [2.05, 4.69) is 23.2 Å². The molecule has 1 aliphatic heterocycles. The largest absolute Gasteiger partial charge is 0.490 e. The molecule has 2 aromatic rings. The second kappa shape index (κ2) is 8.58. The third-order valence-corrected chi connectivity index (χ3v) is 7.26. The Bertz CT molecular complexity index is 1050. The Morgan fingerprint density at radius 2 is 1.65 bits per heavy atom. The molecule has 10 heteroatoms. The second-order valence-corrected chi connectivity index (χ2v) is 9.84. The topological polar surface area (TPSA) is 87.6 Å². The highest BCUT2D eigenvalue weighted by atomic mass is 32.2. The first-order valence-corrected chi connectivity index (χ1v) is 11.6. The van der Waals surface area contributed by atoms with E-state index < -0.39 is 22.2 Å². The maximum absolute atomic E-state index is 11.8. The summed E-state index contributed by atoms with van der Waals surface area (Å²) in [6.07, 6.45) is 3.96. The Hall–Kier alpha value is -2.46. The number of alkyl halides is 3. The number of aliphatic carboxylic acids is 1. The second-order valence-electron chi connectivity index (χ2n) is 7.85. The van der Waals surface area contributed by atoms with Crippen LogP contribution in [-0.4, -0.2) is 54.3 Å². The Kier molecular flexibility index (Phi) is 6.43. The summed E-state index contributed by atoms with van der Waals surface area (Å²) in [5.74, 6) is -2.76. The van der Waals surface area contributed by atoms with Crippen LogP contribution in [0.1, 0.15) is 30.4 Å². The molecule has 0 bridgehead atoms. The summed E-state index contributed by atoms with van der Waals surface area (Å²) >= 11 is 0. The van der Waals surface area contributed by atoms with E-state index in [9.17, 15) is 21.6 Å². The van der Waals surface area contributed by atoms with Crippen LogP contribution < -0.4 is 0 Å². The van der Waals surface area contributed by atoms with Gasteiger partial charge in [-0.25, -0.2) is 17.5 Å². The average Bonchev–Trinajstić information content (AvgIpc) is 3.05. The maximum atomic E-state index is 11.8. The van der Waals surface area contributed by atoms with Crippen LogP contribution in [0.15, 0.2) is 42.7 Å². The molecule has 1 spiro atoms. The standard InChI is InChI=1S/C19H22N2O2S.C2HF3O2/c1-24(22,23)21-12-8-19(9-13-21)7-4-16-2-3-17(14-18(16)19)15-5-10-20-11-6-15;3-2(4,5)1(6)7/h2-3,5-6,10-11,14H,4,7-9,12-13H2,1H3;(H,6,7). The number of aromatic nitrogens is 1. The van der Waals surface area contributed by atoms with E-state index >= 15 is 0 Å². The molecule has 2 aliphatic rings. The van der Waals surface area contributed by atoms with Crippen LogP contribution in [0, 0.1) is 0 Å². The SMILES string of the molecule is CS(=O)(=O)N1CCC2(CCc3ccc(-c4ccncc4)cc32)CC1.O=C(O)C(F)(F)F. The molecule has 1 aliphatic carbocycles. The van der Waals surface area contributed by atoms with Gasteiger partial charge >= 0.3 is 12.1 Å². The molecule has 1 saturated heterocycles. The van der Waals surface area contributed by atoms with E-state index in [1.54, 1.807) is 4.31 Å². The quantitative estimate of drug-likeness (QED) is 0.746. The van der Waals surface area contributed by atoms with Gasteiger partial charge in [-0.15, -0.1) is 0 Å². The third-order valence-electron chi connectivity index (χ3n) is 5.96. The number of pyridine rings is 1. The zero-order valence-electron chi connectivity index (χ0n) is 16.9. The number of fused-ring (bicyclic) bond motifs is 2. The zero-order valence-corrected chi connectivity index (χ0v) is 17.7. The lowest BCUT2D eigenvalue weighted by atomic mass is 9.74. The van der Waals surface area contributed by atoms with Crippen LogP contribution in [0.25, 0.3) is 11.1 Å². The molecule has 0 radical (unpaired) electrons. The smallest absolute Gasteiger partial charge is 0.475 e. The first kappa shape index (κ1) is 23.2. The first-order valence-electron chi connectivity index (χ1n) is 9.71. The van der Waals surface area contributed by atoms with Crippen molar-refractivity contribution in [3.8, 4) is 11.1 Å². The third kappa shape index (κ3) is 5.24. The number of piperidine rings is 1. The van der Waals surface area contributed by atoms with Gasteiger partial charge in [0, 0.05) is 25.5 Å². The van der Waals surface area contributed by atoms with Gasteiger partial charge in [0.2, 0.25) is 10.0 Å². The highest BCUT2D eigenvalue weighted by molar-refractivity contribution is 7.88. The minimum atomic E-state index is -5.08. The summed E-state index contributed by atoms with van der Waals surface area (Å²) < 4.78 is 57.0. The average molecular weight is 456 g/mol. The highest BCUT2D eigenvalue weighted by Crippen LogP contribution is 2.47. The van der Waals surface area contributed by atoms with Crippen molar-refractivity contribution in [2.75, 3.05) is 19.3 Å². The molecule has 0 unspecified atom stereocenters. The van der Waals surface area contributed by atoms with E-state index in [0.717, 1.165) is 25.7 Å². The van der Waals surface area contributed by atoms with Crippen molar-refractivity contribution in [2.24, 2.45) is 0 Å². The van der Waals surface area contributed by atoms with Crippen LogP contribution in [0.2, 0.25) is 0 Å². The monoisotopic (exact) mass is 456 g/mol. The number of benzene rings is 1. The lowest BCUT2D eigenvalue weighted by molar-refractivity contribution is -0.192. The van der Waals surface area contributed by atoms with E-state index in [1.807, 2.05) is 24.5 Å². The Labute approximate surface area is 178 Å². The first-order chi connectivity index (χ1) is 14.4. The van der Waals surface area contributed by atoms with Gasteiger partial charge in [-0.05, 0) is 65.5 Å². The summed E-state index contributed by atoms with van der Waals surface area (Å²) in [6, 6.07) is 10.8. The van der Waals surface area contributed by atoms with E-state index in [-0.39, 0.29) is 5.41 Å². The summed E-state index contributed by atoms with van der Waals surface area (Å²) in [6.45, 7) is 1.27. The lowest BCUT2D eigenvalue weighted by Gasteiger charge is -2.39. The number of carboxylic acids is 1. The summed E-state index contributed by atoms with van der Waals surface area (Å²) in [4.78, 5) is 13.0. The molecule has 0 atom stereocenters. The Balaban J connectivity index is 0.000000339. The van der Waals surface area contributed by atoms with Crippen molar-refractivity contribution in [3.63, 3.8) is 0 Å². The van der Waals surface area contributed by atoms with Crippen LogP contribution in [0.3, 0.4) is 0 Å². The number of halogens is 3. The van der Waals surface area contributed by atoms with Crippen molar-refractivity contribution in [1.29, 1.82) is 0 Å². The zero-order chi connectivity index (χ0) is 22.9. The molecular formula is C21H23F3N2O4S. The summed E-state index contributed by atoms with van der Waals surface area (Å²) in [7, 11) is -3.07. The minimum Gasteiger partial charge on any atom is -0.475 e. The van der Waals surface area contributed by atoms with E-state index in [1.165, 1.54) is 28.5 Å². The van der Waals surface area contributed by atoms with Gasteiger partial charge in [0.05, 0.1) is 6.26 Å². The Morgan fingerprint density at radius 1 is 1.06 bits per heavy atom. The molecule has 6 nitrogen and oxygen atoms in total. The van der Waals surface area contributed by atoms with E-state index in [0.29, 0.717) is 13.1 Å². The minimum absolute atomic E-state index is 0.152. The van der Waals surface area contributed by atoms with Gasteiger partial charge in [-0.3, -0.25) is 4.98 Å². The van der Waals surface area contributed by atoms with Gasteiger partial charge in [0.1, 0.15) is 0 Å². The van der Waals surface area contributed by atoms with Crippen molar-refractivity contribution in [1.82, 2.24) is 9.29 Å². The van der Waals surface area contributed by atoms with Gasteiger partial charge in [-0.1, -0.05) is 18.2 Å². The van der Waals surface area contributed by atoms with Gasteiger partial charge in [-0.2, -0.15) is 13.2 Å². The maximum Gasteiger partial charge on any atom is 0.490 e. The molecule has 1 fully saturated rings. The molecule has 4 rings (SSSR count). The van der Waals surface area contributed by atoms with Crippen LogP contribution in [0.4, 0.5) is 13.2 Å². The molecule has 1 N–H and O–H groups in total. The molecule has 1 aromatic heterocycles. The fourth-order valence-electron chi connectivity index (χ4n) is 4.29. The molecule has 2 heterocycles. The number of aryl methyl sites for hydroxylation is 1. The predicted octanol–water partition coefficient (Wildman–Crippen LogP) is 3.62. The van der Waals surface area contributed by atoms with Crippen molar-refractivity contribution in [3.05, 3.63) is 53.9 Å². The Morgan fingerprint density at radius 3 is 2.16 bits per heavy atom. The summed E-state index contributed by atoms with van der Waals surface area (Å²) in [5.41, 5.74) is 5.43. The molecule has 0 saturated carbocycles. The predicted molar refractivity (Wildman–Crippen MR) is 109 cm³/mol. The number of nitrogens with zero attached hydrogens (tertiary/aromatic N) is 2. The fourth-order valence-corrected chi connectivity index (χ4v) is 5.13. The van der Waals surface area contributed by atoms with Crippen molar-refractivity contribution < 1.29 is 31.5 Å². The fraction of sp³-hybridized carbons (Fsp3) is 0.429. The normalized spacial score (nSPS) is 18.2. The van der Waals surface area contributed by atoms with Crippen LogP contribution in [0.5, 0.6) is 0 Å². The lowest BCUT2D eigenvalue weighted by Crippen LogP contribution is -2.43. The summed E-state index contributed by atoms with van der Waals surface area (Å²) in [5, 5.41) is 7.12. The van der Waals surface area contributed by atoms with Crippen molar-refractivity contribution in [2.45, 2.75) is 37.3 Å². The van der Waals surface area contributed by atoms with Crippen LogP contribution >= 0.6 is 0 Å². The number of carboxylic acid groups (broad SMARTS) is 1. The molecule has 31 heavy (non-hydrogen) atoms. The van der Waals surface area contributed by atoms with Crippen LogP contribution in [-0.2, 0) is 26.7 Å². The molecule has 1 aromatic carbocycles. The number of hydrogen-bond acceptors (Lipinski definition) is 4. The van der Waals surface area contributed by atoms with Crippen molar-refractivity contribution >= 4 is 16.0 Å².